The standard InChI is InChI=1S/C10H6F2N2OS/c11-7-3-1-2-6(10(7)12)4-9(15)8-5-16-14-13-8/h1-3,5H,4H2. The van der Waals surface area contributed by atoms with Crippen molar-refractivity contribution in [3.8, 4) is 0 Å². The van der Waals surface area contributed by atoms with Crippen LogP contribution in [0.25, 0.3) is 0 Å². The van der Waals surface area contributed by atoms with Crippen molar-refractivity contribution in [2.24, 2.45) is 0 Å². The van der Waals surface area contributed by atoms with Gasteiger partial charge in [0.05, 0.1) is 0 Å². The molecule has 6 heteroatoms. The first-order valence-electron chi connectivity index (χ1n) is 4.41. The third-order valence-corrected chi connectivity index (χ3v) is 2.53. The van der Waals surface area contributed by atoms with Crippen molar-refractivity contribution in [3.63, 3.8) is 0 Å². The van der Waals surface area contributed by atoms with Crippen LogP contribution in [0.15, 0.2) is 23.6 Å². The lowest BCUT2D eigenvalue weighted by Gasteiger charge is -2.01. The number of hydrogen-bond acceptors (Lipinski definition) is 4. The number of Topliss-reactive ketones (excluding diaryl/α,β-unsaturated/α-hetero) is 1. The van der Waals surface area contributed by atoms with E-state index in [1.807, 2.05) is 0 Å². The summed E-state index contributed by atoms with van der Waals surface area (Å²) < 4.78 is 29.6. The Labute approximate surface area is 93.9 Å². The molecule has 0 spiro atoms. The normalized spacial score (nSPS) is 10.4. The van der Waals surface area contributed by atoms with Gasteiger partial charge in [0, 0.05) is 11.8 Å². The van der Waals surface area contributed by atoms with Gasteiger partial charge in [-0.2, -0.15) is 0 Å². The molecule has 0 N–H and O–H groups in total. The van der Waals surface area contributed by atoms with Gasteiger partial charge in [-0.1, -0.05) is 16.6 Å². The van der Waals surface area contributed by atoms with Gasteiger partial charge in [0.25, 0.3) is 0 Å². The fourth-order valence-electron chi connectivity index (χ4n) is 1.23. The van der Waals surface area contributed by atoms with Crippen LogP contribution in [-0.4, -0.2) is 15.4 Å². The van der Waals surface area contributed by atoms with Crippen molar-refractivity contribution >= 4 is 17.3 Å². The van der Waals surface area contributed by atoms with Gasteiger partial charge in [-0.05, 0) is 23.2 Å². The van der Waals surface area contributed by atoms with Crippen molar-refractivity contribution in [1.82, 2.24) is 9.59 Å². The number of carbonyl (C=O) groups excluding carboxylic acids is 1. The molecule has 82 valence electrons. The average molecular weight is 240 g/mol. The second-order valence-corrected chi connectivity index (χ2v) is 3.71. The molecule has 2 aromatic rings. The Balaban J connectivity index is 2.22. The molecule has 0 radical (unpaired) electrons. The predicted molar refractivity (Wildman–Crippen MR) is 54.3 cm³/mol. The number of benzene rings is 1. The third kappa shape index (κ3) is 2.11. The van der Waals surface area contributed by atoms with Gasteiger partial charge in [-0.3, -0.25) is 4.79 Å². The van der Waals surface area contributed by atoms with Crippen LogP contribution in [0, 0.1) is 11.6 Å². The topological polar surface area (TPSA) is 42.9 Å². The minimum Gasteiger partial charge on any atom is -0.292 e. The van der Waals surface area contributed by atoms with E-state index in [0.29, 0.717) is 0 Å². The predicted octanol–water partition coefficient (Wildman–Crippen LogP) is 2.24. The lowest BCUT2D eigenvalue weighted by molar-refractivity contribution is 0.0987. The summed E-state index contributed by atoms with van der Waals surface area (Å²) >= 11 is 1.04. The summed E-state index contributed by atoms with van der Waals surface area (Å²) in [6.07, 6.45) is -0.213. The Bertz CT molecular complexity index is 514. The number of rotatable bonds is 3. The molecule has 0 saturated carbocycles. The molecule has 0 atom stereocenters. The molecule has 0 aliphatic rings. The van der Waals surface area contributed by atoms with E-state index in [1.165, 1.54) is 17.5 Å². The van der Waals surface area contributed by atoms with Gasteiger partial charge >= 0.3 is 0 Å². The van der Waals surface area contributed by atoms with E-state index in [2.05, 4.69) is 9.59 Å². The van der Waals surface area contributed by atoms with Crippen LogP contribution in [0.2, 0.25) is 0 Å². The van der Waals surface area contributed by atoms with Gasteiger partial charge in [-0.15, -0.1) is 5.10 Å². The summed E-state index contributed by atoms with van der Waals surface area (Å²) in [5.74, 6) is -2.32. The molecule has 0 aliphatic carbocycles. The molecule has 0 amide bonds. The largest absolute Gasteiger partial charge is 0.292 e. The summed E-state index contributed by atoms with van der Waals surface area (Å²) in [6, 6.07) is 3.74. The van der Waals surface area contributed by atoms with Crippen LogP contribution in [0.5, 0.6) is 0 Å². The molecule has 0 fully saturated rings. The highest BCUT2D eigenvalue weighted by Crippen LogP contribution is 2.13. The first-order valence-corrected chi connectivity index (χ1v) is 5.25. The van der Waals surface area contributed by atoms with Gasteiger partial charge in [-0.25, -0.2) is 8.78 Å². The van der Waals surface area contributed by atoms with Crippen LogP contribution >= 0.6 is 11.5 Å². The number of hydrogen-bond donors (Lipinski definition) is 0. The summed E-state index contributed by atoms with van der Waals surface area (Å²) in [5, 5.41) is 5.04. The average Bonchev–Trinajstić information content (AvgIpc) is 2.78. The zero-order chi connectivity index (χ0) is 11.5. The van der Waals surface area contributed by atoms with Gasteiger partial charge in [0.15, 0.2) is 17.4 Å². The van der Waals surface area contributed by atoms with Crippen LogP contribution in [0.3, 0.4) is 0 Å². The fraction of sp³-hybridized carbons (Fsp3) is 0.100. The Kier molecular flexibility index (Phi) is 3.00. The van der Waals surface area contributed by atoms with E-state index in [1.54, 1.807) is 0 Å². The van der Waals surface area contributed by atoms with E-state index in [-0.39, 0.29) is 23.5 Å². The highest BCUT2D eigenvalue weighted by molar-refractivity contribution is 7.03. The number of aromatic nitrogens is 2. The molecular weight excluding hydrogens is 234 g/mol. The second-order valence-electron chi connectivity index (χ2n) is 3.10. The van der Waals surface area contributed by atoms with Crippen molar-refractivity contribution in [3.05, 3.63) is 46.5 Å². The van der Waals surface area contributed by atoms with E-state index < -0.39 is 11.6 Å². The number of carbonyl (C=O) groups is 1. The zero-order valence-corrected chi connectivity index (χ0v) is 8.80. The highest BCUT2D eigenvalue weighted by atomic mass is 32.1. The summed E-state index contributed by atoms with van der Waals surface area (Å²) in [7, 11) is 0. The Morgan fingerprint density at radius 1 is 1.38 bits per heavy atom. The van der Waals surface area contributed by atoms with Gasteiger partial charge < -0.3 is 0 Å². The van der Waals surface area contributed by atoms with E-state index in [0.717, 1.165) is 17.6 Å². The molecule has 1 heterocycles. The van der Waals surface area contributed by atoms with Crippen LogP contribution in [0.4, 0.5) is 8.78 Å². The Hall–Kier alpha value is -1.69. The molecule has 1 aromatic heterocycles. The highest BCUT2D eigenvalue weighted by Gasteiger charge is 2.14. The summed E-state index contributed by atoms with van der Waals surface area (Å²) in [6.45, 7) is 0. The number of halogens is 2. The summed E-state index contributed by atoms with van der Waals surface area (Å²) in [4.78, 5) is 11.6. The lowest BCUT2D eigenvalue weighted by Crippen LogP contribution is -2.06. The van der Waals surface area contributed by atoms with Crippen molar-refractivity contribution < 1.29 is 13.6 Å². The minimum absolute atomic E-state index is 0.0259. The van der Waals surface area contributed by atoms with E-state index in [9.17, 15) is 13.6 Å². The monoisotopic (exact) mass is 240 g/mol. The van der Waals surface area contributed by atoms with Gasteiger partial charge in [0.2, 0.25) is 0 Å². The Morgan fingerprint density at radius 2 is 2.19 bits per heavy atom. The van der Waals surface area contributed by atoms with Crippen LogP contribution in [0.1, 0.15) is 16.1 Å². The zero-order valence-electron chi connectivity index (χ0n) is 7.98. The maximum absolute atomic E-state index is 13.2. The molecule has 0 aliphatic heterocycles. The smallest absolute Gasteiger partial charge is 0.188 e. The second kappa shape index (κ2) is 4.44. The molecular formula is C10H6F2N2OS. The summed E-state index contributed by atoms with van der Waals surface area (Å²) in [5.41, 5.74) is 0.201. The van der Waals surface area contributed by atoms with Crippen LogP contribution in [-0.2, 0) is 6.42 Å². The molecule has 16 heavy (non-hydrogen) atoms. The maximum Gasteiger partial charge on any atom is 0.188 e. The molecule has 0 bridgehead atoms. The lowest BCUT2D eigenvalue weighted by atomic mass is 10.1. The van der Waals surface area contributed by atoms with Crippen molar-refractivity contribution in [1.29, 1.82) is 0 Å². The fourth-order valence-corrected chi connectivity index (χ4v) is 1.70. The molecule has 1 aromatic carbocycles. The number of ketones is 1. The molecule has 2 rings (SSSR count). The van der Waals surface area contributed by atoms with E-state index >= 15 is 0 Å². The molecule has 0 saturated heterocycles. The molecule has 3 nitrogen and oxygen atoms in total. The van der Waals surface area contributed by atoms with Gasteiger partial charge in [0.1, 0.15) is 5.69 Å². The Morgan fingerprint density at radius 3 is 2.88 bits per heavy atom. The quantitative estimate of drug-likeness (QED) is 0.773. The van der Waals surface area contributed by atoms with Crippen molar-refractivity contribution in [2.45, 2.75) is 6.42 Å². The van der Waals surface area contributed by atoms with Crippen molar-refractivity contribution in [2.75, 3.05) is 0 Å². The first-order chi connectivity index (χ1) is 7.68. The first kappa shape index (κ1) is 10.8. The van der Waals surface area contributed by atoms with Crippen LogP contribution < -0.4 is 0 Å². The SMILES string of the molecule is O=C(Cc1cccc(F)c1F)c1csnn1. The maximum atomic E-state index is 13.2. The third-order valence-electron chi connectivity index (χ3n) is 2.03. The minimum atomic E-state index is -0.987. The molecule has 0 unspecified atom stereocenters. The van der Waals surface area contributed by atoms with E-state index in [4.69, 9.17) is 0 Å². The number of nitrogens with zero attached hydrogens (tertiary/aromatic N) is 2.